The quantitative estimate of drug-likeness (QED) is 0.269. The zero-order chi connectivity index (χ0) is 22.6. The van der Waals surface area contributed by atoms with Crippen molar-refractivity contribution in [2.45, 2.75) is 33.1 Å². The first-order chi connectivity index (χ1) is 15.4. The molecule has 6 heteroatoms. The SMILES string of the molecule is CCc1cc2c(cc1Cl)C(=O)/C(=C\c1cc3oc(C(C)C)nc3n1-c1ccccc1)C2=O. The maximum Gasteiger partial charge on any atom is 0.199 e. The van der Waals surface area contributed by atoms with E-state index < -0.39 is 0 Å². The molecule has 1 aliphatic rings. The minimum atomic E-state index is -0.317. The second-order valence-electron chi connectivity index (χ2n) is 8.19. The van der Waals surface area contributed by atoms with Crippen LogP contribution in [0, 0.1) is 0 Å². The number of oxazole rings is 1. The first-order valence-corrected chi connectivity index (χ1v) is 11.0. The number of Topliss-reactive ketones (excluding diaryl/α,β-unsaturated/α-hetero) is 2. The van der Waals surface area contributed by atoms with Crippen LogP contribution in [0.1, 0.15) is 64.6 Å². The number of aryl methyl sites for hydroxylation is 1. The maximum absolute atomic E-state index is 13.2. The summed E-state index contributed by atoms with van der Waals surface area (Å²) in [7, 11) is 0. The summed E-state index contributed by atoms with van der Waals surface area (Å²) in [5, 5.41) is 0.504. The molecule has 4 aromatic rings. The van der Waals surface area contributed by atoms with Crippen LogP contribution in [0.2, 0.25) is 5.02 Å². The minimum absolute atomic E-state index is 0.116. The van der Waals surface area contributed by atoms with Crippen molar-refractivity contribution < 1.29 is 14.0 Å². The molecule has 0 bridgehead atoms. The van der Waals surface area contributed by atoms with Gasteiger partial charge >= 0.3 is 0 Å². The van der Waals surface area contributed by atoms with Crippen LogP contribution < -0.4 is 0 Å². The largest absolute Gasteiger partial charge is 0.439 e. The standard InChI is InChI=1S/C26H21ClN2O3/c1-4-15-10-18-19(13-21(15)27)24(31)20(23(18)30)11-17-12-22-25(28-26(32-22)14(2)3)29(17)16-8-6-5-7-9-16/h5-14H,4H2,1-3H3/b20-11-. The Morgan fingerprint density at radius 2 is 1.75 bits per heavy atom. The fourth-order valence-corrected chi connectivity index (χ4v) is 4.35. The molecule has 2 aromatic carbocycles. The summed E-state index contributed by atoms with van der Waals surface area (Å²) >= 11 is 6.31. The van der Waals surface area contributed by atoms with Gasteiger partial charge in [-0.2, -0.15) is 4.98 Å². The Labute approximate surface area is 190 Å². The van der Waals surface area contributed by atoms with E-state index in [-0.39, 0.29) is 23.1 Å². The van der Waals surface area contributed by atoms with Crippen LogP contribution in [-0.2, 0) is 6.42 Å². The number of rotatable bonds is 4. The Bertz CT molecular complexity index is 1420. The average Bonchev–Trinajstić information content (AvgIpc) is 3.40. The van der Waals surface area contributed by atoms with Crippen molar-refractivity contribution in [2.75, 3.05) is 0 Å². The molecule has 2 aromatic heterocycles. The van der Waals surface area contributed by atoms with E-state index in [1.807, 2.05) is 61.7 Å². The van der Waals surface area contributed by atoms with E-state index in [4.69, 9.17) is 16.0 Å². The second kappa shape index (κ2) is 7.61. The van der Waals surface area contributed by atoms with Gasteiger partial charge in [-0.1, -0.05) is 50.6 Å². The van der Waals surface area contributed by atoms with Gasteiger partial charge in [-0.05, 0) is 42.3 Å². The van der Waals surface area contributed by atoms with Crippen LogP contribution in [-0.4, -0.2) is 21.1 Å². The highest BCUT2D eigenvalue weighted by Crippen LogP contribution is 2.34. The zero-order valence-corrected chi connectivity index (χ0v) is 18.7. The zero-order valence-electron chi connectivity index (χ0n) is 18.0. The number of fused-ring (bicyclic) bond motifs is 2. The summed E-state index contributed by atoms with van der Waals surface area (Å²) in [6, 6.07) is 14.8. The van der Waals surface area contributed by atoms with Gasteiger partial charge in [0.15, 0.2) is 28.7 Å². The van der Waals surface area contributed by atoms with E-state index in [1.165, 1.54) is 0 Å². The van der Waals surface area contributed by atoms with Crippen LogP contribution in [0.15, 0.2) is 58.5 Å². The molecule has 2 heterocycles. The van der Waals surface area contributed by atoms with Crippen LogP contribution in [0.4, 0.5) is 0 Å². The van der Waals surface area contributed by atoms with E-state index in [0.717, 1.165) is 11.3 Å². The number of carbonyl (C=O) groups is 2. The van der Waals surface area contributed by atoms with Gasteiger partial charge < -0.3 is 4.42 Å². The van der Waals surface area contributed by atoms with Gasteiger partial charge in [0.25, 0.3) is 0 Å². The number of allylic oxidation sites excluding steroid dienone is 1. The van der Waals surface area contributed by atoms with Gasteiger partial charge in [-0.25, -0.2) is 0 Å². The highest BCUT2D eigenvalue weighted by atomic mass is 35.5. The van der Waals surface area contributed by atoms with Crippen molar-refractivity contribution in [2.24, 2.45) is 0 Å². The molecule has 0 saturated carbocycles. The van der Waals surface area contributed by atoms with Crippen LogP contribution in [0.5, 0.6) is 0 Å². The van der Waals surface area contributed by atoms with E-state index in [2.05, 4.69) is 4.98 Å². The van der Waals surface area contributed by atoms with E-state index in [9.17, 15) is 9.59 Å². The lowest BCUT2D eigenvalue weighted by atomic mass is 10.0. The number of benzene rings is 2. The first-order valence-electron chi connectivity index (χ1n) is 10.6. The van der Waals surface area contributed by atoms with Crippen molar-refractivity contribution in [3.05, 3.63) is 87.4 Å². The highest BCUT2D eigenvalue weighted by molar-refractivity contribution is 6.42. The fourth-order valence-electron chi connectivity index (χ4n) is 4.05. The van der Waals surface area contributed by atoms with Crippen LogP contribution >= 0.6 is 11.6 Å². The number of para-hydroxylation sites is 1. The molecule has 0 radical (unpaired) electrons. The Balaban J connectivity index is 1.69. The van der Waals surface area contributed by atoms with Gasteiger partial charge in [-0.3, -0.25) is 14.2 Å². The van der Waals surface area contributed by atoms with E-state index in [1.54, 1.807) is 18.2 Å². The summed E-state index contributed by atoms with van der Waals surface area (Å²) < 4.78 is 7.86. The van der Waals surface area contributed by atoms with Crippen molar-refractivity contribution >= 4 is 40.5 Å². The molecule has 1 aliphatic carbocycles. The number of halogens is 1. The van der Waals surface area contributed by atoms with Crippen LogP contribution in [0.3, 0.4) is 0 Å². The molecule has 0 amide bonds. The highest BCUT2D eigenvalue weighted by Gasteiger charge is 2.34. The monoisotopic (exact) mass is 444 g/mol. The molecule has 0 spiro atoms. The molecule has 5 nitrogen and oxygen atoms in total. The number of hydrogen-bond acceptors (Lipinski definition) is 4. The second-order valence-corrected chi connectivity index (χ2v) is 8.60. The number of hydrogen-bond donors (Lipinski definition) is 0. The summed E-state index contributed by atoms with van der Waals surface area (Å²) in [6.45, 7) is 6.00. The Hall–Kier alpha value is -3.44. The molecule has 0 aliphatic heterocycles. The minimum Gasteiger partial charge on any atom is -0.439 e. The lowest BCUT2D eigenvalue weighted by Crippen LogP contribution is -2.03. The van der Waals surface area contributed by atoms with Gasteiger partial charge in [0.2, 0.25) is 0 Å². The topological polar surface area (TPSA) is 65.1 Å². The molecule has 0 fully saturated rings. The summed E-state index contributed by atoms with van der Waals surface area (Å²) in [4.78, 5) is 30.9. The third kappa shape index (κ3) is 3.12. The van der Waals surface area contributed by atoms with Crippen molar-refractivity contribution in [1.29, 1.82) is 0 Å². The lowest BCUT2D eigenvalue weighted by molar-refractivity contribution is 0.0990. The van der Waals surface area contributed by atoms with Crippen molar-refractivity contribution in [3.8, 4) is 5.69 Å². The molecule has 32 heavy (non-hydrogen) atoms. The predicted octanol–water partition coefficient (Wildman–Crippen LogP) is 6.42. The Morgan fingerprint density at radius 3 is 2.41 bits per heavy atom. The maximum atomic E-state index is 13.2. The predicted molar refractivity (Wildman–Crippen MR) is 125 cm³/mol. The van der Waals surface area contributed by atoms with Crippen LogP contribution in [0.25, 0.3) is 23.0 Å². The van der Waals surface area contributed by atoms with Gasteiger partial charge in [-0.15, -0.1) is 0 Å². The van der Waals surface area contributed by atoms with Crippen molar-refractivity contribution in [3.63, 3.8) is 0 Å². The Kier molecular flexibility index (Phi) is 4.86. The Morgan fingerprint density at radius 1 is 1.06 bits per heavy atom. The average molecular weight is 445 g/mol. The summed E-state index contributed by atoms with van der Waals surface area (Å²) in [5.74, 6) is 0.173. The lowest BCUT2D eigenvalue weighted by Gasteiger charge is -2.07. The molecule has 0 atom stereocenters. The van der Waals surface area contributed by atoms with Crippen molar-refractivity contribution in [1.82, 2.24) is 9.55 Å². The molecular weight excluding hydrogens is 424 g/mol. The van der Waals surface area contributed by atoms with Gasteiger partial charge in [0.05, 0.1) is 11.3 Å². The van der Waals surface area contributed by atoms with E-state index >= 15 is 0 Å². The number of carbonyl (C=O) groups excluding carboxylic acids is 2. The number of aromatic nitrogens is 2. The first kappa shape index (κ1) is 20.5. The number of ketones is 2. The molecule has 0 N–H and O–H groups in total. The third-order valence-corrected chi connectivity index (χ3v) is 6.10. The number of nitrogens with zero attached hydrogens (tertiary/aromatic N) is 2. The van der Waals surface area contributed by atoms with Gasteiger partial charge in [0.1, 0.15) is 0 Å². The van der Waals surface area contributed by atoms with E-state index in [0.29, 0.717) is 45.4 Å². The third-order valence-electron chi connectivity index (χ3n) is 5.75. The molecule has 160 valence electrons. The smallest absolute Gasteiger partial charge is 0.199 e. The fraction of sp³-hybridized carbons (Fsp3) is 0.192. The molecule has 0 unspecified atom stereocenters. The normalized spacial score (nSPS) is 14.8. The molecular formula is C26H21ClN2O3. The summed E-state index contributed by atoms with van der Waals surface area (Å²) in [6.07, 6.45) is 2.31. The molecule has 0 saturated heterocycles. The molecule has 5 rings (SSSR count). The van der Waals surface area contributed by atoms with Gasteiger partial charge in [0, 0.05) is 33.8 Å². The summed E-state index contributed by atoms with van der Waals surface area (Å²) in [5.41, 5.74) is 4.50.